The molecule has 0 unspecified atom stereocenters. The molecule has 66 valence electrons. The number of nitrogens with two attached hydrogens (primary N) is 1. The number of carbonyl (C=O) groups excluding carboxylic acids is 1. The van der Waals surface area contributed by atoms with Crippen molar-refractivity contribution in [1.29, 1.82) is 0 Å². The molecule has 0 aromatic rings. The smallest absolute Gasteiger partial charge is 0.373 e. The van der Waals surface area contributed by atoms with Gasteiger partial charge in [-0.25, -0.2) is 0 Å². The summed E-state index contributed by atoms with van der Waals surface area (Å²) < 4.78 is 35.4. The van der Waals surface area contributed by atoms with E-state index in [1.807, 2.05) is 0 Å². The van der Waals surface area contributed by atoms with Crippen LogP contribution in [0.4, 0.5) is 13.2 Å². The minimum Gasteiger partial charge on any atom is -0.373 e. The molecule has 0 aliphatic carbocycles. The second-order valence-corrected chi connectivity index (χ2v) is 2.12. The first kappa shape index (κ1) is 10.4. The number of carbonyl (C=O) groups is 1. The third-order valence-corrected chi connectivity index (χ3v) is 1.35. The normalized spacial score (nSPS) is 17.6. The van der Waals surface area contributed by atoms with Crippen molar-refractivity contribution in [2.24, 2.45) is 5.73 Å². The number of aliphatic hydroxyl groups is 1. The van der Waals surface area contributed by atoms with E-state index in [2.05, 4.69) is 5.73 Å². The van der Waals surface area contributed by atoms with Crippen LogP contribution >= 0.6 is 0 Å². The first-order valence-corrected chi connectivity index (χ1v) is 2.76. The first-order chi connectivity index (χ1) is 4.75. The van der Waals surface area contributed by atoms with Crippen LogP contribution in [0.2, 0.25) is 0 Å². The number of hydrogen-bond donors (Lipinski definition) is 2. The van der Waals surface area contributed by atoms with Crippen LogP contribution in [0.3, 0.4) is 0 Å². The van der Waals surface area contributed by atoms with Gasteiger partial charge in [-0.05, 0) is 6.92 Å². The Bertz CT molecular complexity index is 168. The summed E-state index contributed by atoms with van der Waals surface area (Å²) in [7, 11) is 0. The number of hydrogen-bond acceptors (Lipinski definition) is 3. The molecule has 0 heterocycles. The minimum absolute atomic E-state index is 0.639. The number of halogens is 3. The molecule has 0 radical (unpaired) electrons. The zero-order chi connectivity index (χ0) is 9.28. The molecule has 3 N–H and O–H groups in total. The molecule has 1 atom stereocenters. The average molecular weight is 171 g/mol. The van der Waals surface area contributed by atoms with Crippen LogP contribution in [0.25, 0.3) is 0 Å². The van der Waals surface area contributed by atoms with Gasteiger partial charge in [0.05, 0.1) is 0 Å². The predicted molar refractivity (Wildman–Crippen MR) is 30.7 cm³/mol. The lowest BCUT2D eigenvalue weighted by molar-refractivity contribution is -0.245. The third-order valence-electron chi connectivity index (χ3n) is 1.35. The van der Waals surface area contributed by atoms with Crippen molar-refractivity contribution in [1.82, 2.24) is 0 Å². The standard InChI is InChI=1S/C5H8F3NO2/c1-3(10)4(11,2-9)5(6,7)8/h11H,2,9H2,1H3/t4-/m0/s1. The third kappa shape index (κ3) is 1.69. The zero-order valence-electron chi connectivity index (χ0n) is 5.77. The van der Waals surface area contributed by atoms with Crippen molar-refractivity contribution < 1.29 is 23.1 Å². The van der Waals surface area contributed by atoms with E-state index < -0.39 is 24.1 Å². The highest BCUT2D eigenvalue weighted by Crippen LogP contribution is 2.29. The van der Waals surface area contributed by atoms with Gasteiger partial charge in [-0.1, -0.05) is 0 Å². The SMILES string of the molecule is CC(=O)[C@@](O)(CN)C(F)(F)F. The fraction of sp³-hybridized carbons (Fsp3) is 0.800. The maximum atomic E-state index is 11.8. The van der Waals surface area contributed by atoms with Crippen LogP contribution in [0.5, 0.6) is 0 Å². The highest BCUT2D eigenvalue weighted by atomic mass is 19.4. The van der Waals surface area contributed by atoms with Crippen LogP contribution < -0.4 is 5.73 Å². The Morgan fingerprint density at radius 2 is 1.91 bits per heavy atom. The van der Waals surface area contributed by atoms with E-state index in [0.29, 0.717) is 6.92 Å². The Balaban J connectivity index is 4.75. The Morgan fingerprint density at radius 1 is 1.55 bits per heavy atom. The van der Waals surface area contributed by atoms with Crippen molar-refractivity contribution in [3.63, 3.8) is 0 Å². The molecular formula is C5H8F3NO2. The van der Waals surface area contributed by atoms with E-state index >= 15 is 0 Å². The van der Waals surface area contributed by atoms with Gasteiger partial charge in [0, 0.05) is 6.54 Å². The van der Waals surface area contributed by atoms with Gasteiger partial charge in [0.15, 0.2) is 5.78 Å². The molecule has 0 rings (SSSR count). The Kier molecular flexibility index (Phi) is 2.63. The van der Waals surface area contributed by atoms with Gasteiger partial charge >= 0.3 is 6.18 Å². The van der Waals surface area contributed by atoms with Gasteiger partial charge in [0.2, 0.25) is 5.60 Å². The van der Waals surface area contributed by atoms with E-state index in [9.17, 15) is 18.0 Å². The molecule has 0 saturated heterocycles. The topological polar surface area (TPSA) is 63.3 Å². The quantitative estimate of drug-likeness (QED) is 0.606. The lowest BCUT2D eigenvalue weighted by atomic mass is 9.99. The lowest BCUT2D eigenvalue weighted by Crippen LogP contribution is -2.56. The van der Waals surface area contributed by atoms with Crippen molar-refractivity contribution in [2.75, 3.05) is 6.54 Å². The summed E-state index contributed by atoms with van der Waals surface area (Å²) in [5.74, 6) is -1.40. The molecule has 0 aromatic carbocycles. The summed E-state index contributed by atoms with van der Waals surface area (Å²) in [6.45, 7) is -0.508. The summed E-state index contributed by atoms with van der Waals surface area (Å²) in [6.07, 6.45) is -4.99. The molecule has 3 nitrogen and oxygen atoms in total. The molecule has 0 amide bonds. The maximum absolute atomic E-state index is 11.8. The highest BCUT2D eigenvalue weighted by molar-refractivity contribution is 5.85. The molecule has 11 heavy (non-hydrogen) atoms. The van der Waals surface area contributed by atoms with Crippen molar-refractivity contribution in [3.8, 4) is 0 Å². The molecule has 6 heteroatoms. The average Bonchev–Trinajstić information content (AvgIpc) is 1.83. The van der Waals surface area contributed by atoms with Crippen LogP contribution in [-0.4, -0.2) is 29.2 Å². The fourth-order valence-corrected chi connectivity index (χ4v) is 0.459. The van der Waals surface area contributed by atoms with Gasteiger partial charge < -0.3 is 10.8 Å². The van der Waals surface area contributed by atoms with Gasteiger partial charge in [0.25, 0.3) is 0 Å². The van der Waals surface area contributed by atoms with E-state index in [1.165, 1.54) is 0 Å². The van der Waals surface area contributed by atoms with E-state index in [1.54, 1.807) is 0 Å². The minimum atomic E-state index is -4.99. The maximum Gasteiger partial charge on any atom is 0.425 e. The van der Waals surface area contributed by atoms with Crippen LogP contribution in [0, 0.1) is 0 Å². The lowest BCUT2D eigenvalue weighted by Gasteiger charge is -2.25. The van der Waals surface area contributed by atoms with Crippen LogP contribution in [-0.2, 0) is 4.79 Å². The summed E-state index contributed by atoms with van der Waals surface area (Å²) in [5.41, 5.74) is 1.22. The number of alkyl halides is 3. The van der Waals surface area contributed by atoms with Gasteiger partial charge in [-0.15, -0.1) is 0 Å². The Labute approximate surface area is 61.0 Å². The van der Waals surface area contributed by atoms with Crippen LogP contribution in [0.1, 0.15) is 6.92 Å². The highest BCUT2D eigenvalue weighted by Gasteiger charge is 2.56. The van der Waals surface area contributed by atoms with E-state index in [0.717, 1.165) is 0 Å². The summed E-state index contributed by atoms with van der Waals surface area (Å²) in [6, 6.07) is 0. The number of rotatable bonds is 2. The van der Waals surface area contributed by atoms with Gasteiger partial charge in [0.1, 0.15) is 0 Å². The number of ketones is 1. The largest absolute Gasteiger partial charge is 0.425 e. The Hall–Kier alpha value is -0.620. The number of Topliss-reactive ketones (excluding diaryl/α,β-unsaturated/α-hetero) is 1. The van der Waals surface area contributed by atoms with Gasteiger partial charge in [-0.3, -0.25) is 4.79 Å². The summed E-state index contributed by atoms with van der Waals surface area (Å²) >= 11 is 0. The van der Waals surface area contributed by atoms with Crippen LogP contribution in [0.15, 0.2) is 0 Å². The monoisotopic (exact) mass is 171 g/mol. The zero-order valence-corrected chi connectivity index (χ0v) is 5.77. The van der Waals surface area contributed by atoms with E-state index in [-0.39, 0.29) is 0 Å². The Morgan fingerprint density at radius 3 is 1.91 bits per heavy atom. The molecule has 0 fully saturated rings. The van der Waals surface area contributed by atoms with Gasteiger partial charge in [-0.2, -0.15) is 13.2 Å². The predicted octanol–water partition coefficient (Wildman–Crippen LogP) is -0.172. The second-order valence-electron chi connectivity index (χ2n) is 2.12. The summed E-state index contributed by atoms with van der Waals surface area (Å²) in [5, 5.41) is 8.63. The molecule has 0 aromatic heterocycles. The molecule has 0 spiro atoms. The molecule has 0 bridgehead atoms. The molecular weight excluding hydrogens is 163 g/mol. The second kappa shape index (κ2) is 2.78. The molecule has 0 aliphatic rings. The first-order valence-electron chi connectivity index (χ1n) is 2.76. The van der Waals surface area contributed by atoms with E-state index in [4.69, 9.17) is 5.11 Å². The summed E-state index contributed by atoms with van der Waals surface area (Å²) in [4.78, 5) is 10.3. The van der Waals surface area contributed by atoms with Crippen molar-refractivity contribution in [2.45, 2.75) is 18.7 Å². The van der Waals surface area contributed by atoms with Crippen molar-refractivity contribution in [3.05, 3.63) is 0 Å². The molecule has 0 saturated carbocycles. The van der Waals surface area contributed by atoms with Crippen molar-refractivity contribution >= 4 is 5.78 Å². The fourth-order valence-electron chi connectivity index (χ4n) is 0.459. The molecule has 0 aliphatic heterocycles.